The zero-order chi connectivity index (χ0) is 18.9. The van der Waals surface area contributed by atoms with Crippen molar-refractivity contribution < 1.29 is 23.5 Å². The van der Waals surface area contributed by atoms with Gasteiger partial charge in [0, 0.05) is 24.2 Å². The Labute approximate surface area is 159 Å². The minimum absolute atomic E-state index is 0.0752. The van der Waals surface area contributed by atoms with Gasteiger partial charge >= 0.3 is 0 Å². The van der Waals surface area contributed by atoms with Gasteiger partial charge in [0.15, 0.2) is 17.3 Å². The third kappa shape index (κ3) is 1.86. The first-order valence-corrected chi connectivity index (χ1v) is 8.94. The van der Waals surface area contributed by atoms with Crippen LogP contribution < -0.4 is 19.1 Å². The predicted octanol–water partition coefficient (Wildman–Crippen LogP) is 2.33. The summed E-state index contributed by atoms with van der Waals surface area (Å²) in [6.07, 6.45) is 0. The Bertz CT molecular complexity index is 1140. The Hall–Kier alpha value is -3.55. The van der Waals surface area contributed by atoms with Gasteiger partial charge in [-0.2, -0.15) is 4.98 Å². The lowest BCUT2D eigenvalue weighted by Gasteiger charge is -2.22. The Balaban J connectivity index is 1.51. The van der Waals surface area contributed by atoms with Crippen molar-refractivity contribution in [3.8, 4) is 17.2 Å². The van der Waals surface area contributed by atoms with E-state index >= 15 is 0 Å². The standard InChI is InChI=1S/C20H15N3O5/c1-11-21-18(22-28-11)8-23-14-5-3-2-4-12(14)20(19(23)24)9-25-15-7-17-16(6-13(15)20)26-10-27-17/h2-7H,8-10H2,1H3. The highest BCUT2D eigenvalue weighted by Gasteiger charge is 2.57. The third-order valence-electron chi connectivity index (χ3n) is 5.51. The van der Waals surface area contributed by atoms with Crippen molar-refractivity contribution >= 4 is 11.6 Å². The number of hydrogen-bond acceptors (Lipinski definition) is 7. The van der Waals surface area contributed by atoms with Gasteiger partial charge in [0.1, 0.15) is 17.8 Å². The summed E-state index contributed by atoms with van der Waals surface area (Å²) in [6.45, 7) is 2.35. The molecule has 1 unspecified atom stereocenters. The van der Waals surface area contributed by atoms with Crippen LogP contribution in [0.2, 0.25) is 0 Å². The van der Waals surface area contributed by atoms with Crippen molar-refractivity contribution in [1.82, 2.24) is 10.1 Å². The van der Waals surface area contributed by atoms with E-state index in [0.717, 1.165) is 16.8 Å². The van der Waals surface area contributed by atoms with E-state index in [9.17, 15) is 4.79 Å². The first-order valence-electron chi connectivity index (χ1n) is 8.94. The van der Waals surface area contributed by atoms with Gasteiger partial charge in [-0.3, -0.25) is 4.79 Å². The number of carbonyl (C=O) groups is 1. The molecule has 2 aromatic carbocycles. The van der Waals surface area contributed by atoms with Gasteiger partial charge in [-0.05, 0) is 17.7 Å². The summed E-state index contributed by atoms with van der Waals surface area (Å²) in [5.41, 5.74) is 1.59. The maximum atomic E-state index is 13.7. The van der Waals surface area contributed by atoms with E-state index in [2.05, 4.69) is 10.1 Å². The lowest BCUT2D eigenvalue weighted by Crippen LogP contribution is -2.42. The average Bonchev–Trinajstić information content (AvgIpc) is 3.45. The van der Waals surface area contributed by atoms with Gasteiger partial charge in [-0.1, -0.05) is 23.4 Å². The highest BCUT2D eigenvalue weighted by Crippen LogP contribution is 2.55. The molecule has 28 heavy (non-hydrogen) atoms. The lowest BCUT2D eigenvalue weighted by molar-refractivity contribution is -0.122. The van der Waals surface area contributed by atoms with E-state index in [1.165, 1.54) is 0 Å². The van der Waals surface area contributed by atoms with Gasteiger partial charge in [-0.15, -0.1) is 0 Å². The number of para-hydroxylation sites is 1. The molecule has 1 aromatic heterocycles. The van der Waals surface area contributed by atoms with Crippen molar-refractivity contribution in [3.63, 3.8) is 0 Å². The fourth-order valence-electron chi connectivity index (χ4n) is 4.27. The molecule has 1 spiro atoms. The molecule has 0 fully saturated rings. The minimum Gasteiger partial charge on any atom is -0.491 e. The predicted molar refractivity (Wildman–Crippen MR) is 95.5 cm³/mol. The molecule has 3 aliphatic heterocycles. The maximum Gasteiger partial charge on any atom is 0.246 e. The summed E-state index contributed by atoms with van der Waals surface area (Å²) in [7, 11) is 0. The van der Waals surface area contributed by atoms with Crippen molar-refractivity contribution in [2.24, 2.45) is 0 Å². The third-order valence-corrected chi connectivity index (χ3v) is 5.51. The summed E-state index contributed by atoms with van der Waals surface area (Å²) in [6, 6.07) is 11.4. The number of fused-ring (bicyclic) bond motifs is 5. The molecule has 3 aromatic rings. The second-order valence-corrected chi connectivity index (χ2v) is 7.03. The molecule has 0 saturated heterocycles. The number of benzene rings is 2. The molecule has 0 N–H and O–H groups in total. The Morgan fingerprint density at radius 2 is 1.89 bits per heavy atom. The second kappa shape index (κ2) is 5.25. The van der Waals surface area contributed by atoms with Crippen molar-refractivity contribution in [2.75, 3.05) is 18.3 Å². The number of aromatic nitrogens is 2. The van der Waals surface area contributed by atoms with Crippen LogP contribution in [0.25, 0.3) is 0 Å². The minimum atomic E-state index is -0.925. The Kier molecular flexibility index (Phi) is 2.91. The molecular formula is C20H15N3O5. The molecule has 3 aliphatic rings. The van der Waals surface area contributed by atoms with Crippen LogP contribution in [0.15, 0.2) is 40.9 Å². The fourth-order valence-corrected chi connectivity index (χ4v) is 4.27. The van der Waals surface area contributed by atoms with E-state index < -0.39 is 5.41 Å². The molecule has 4 heterocycles. The zero-order valence-electron chi connectivity index (χ0n) is 15.0. The molecule has 8 heteroatoms. The smallest absolute Gasteiger partial charge is 0.246 e. The number of amides is 1. The number of ether oxygens (including phenoxy) is 3. The van der Waals surface area contributed by atoms with Crippen LogP contribution >= 0.6 is 0 Å². The molecule has 0 aliphatic carbocycles. The lowest BCUT2D eigenvalue weighted by atomic mass is 9.77. The SMILES string of the molecule is Cc1nc(CN2C(=O)C3(COc4cc5c(cc43)OCO5)c3ccccc32)no1. The highest BCUT2D eigenvalue weighted by molar-refractivity contribution is 6.11. The van der Waals surface area contributed by atoms with Gasteiger partial charge < -0.3 is 23.6 Å². The molecule has 1 amide bonds. The van der Waals surface area contributed by atoms with Crippen LogP contribution in [0, 0.1) is 6.92 Å². The summed E-state index contributed by atoms with van der Waals surface area (Å²) < 4.78 is 22.0. The summed E-state index contributed by atoms with van der Waals surface area (Å²) in [5.74, 6) is 2.75. The fraction of sp³-hybridized carbons (Fsp3) is 0.250. The topological polar surface area (TPSA) is 86.9 Å². The number of carbonyl (C=O) groups excluding carboxylic acids is 1. The Morgan fingerprint density at radius 3 is 2.71 bits per heavy atom. The van der Waals surface area contributed by atoms with E-state index in [4.69, 9.17) is 18.7 Å². The first kappa shape index (κ1) is 15.5. The van der Waals surface area contributed by atoms with Crippen LogP contribution in [-0.2, 0) is 16.8 Å². The van der Waals surface area contributed by atoms with Crippen LogP contribution in [0.4, 0.5) is 5.69 Å². The van der Waals surface area contributed by atoms with Crippen LogP contribution in [0.5, 0.6) is 17.2 Å². The molecule has 8 nitrogen and oxygen atoms in total. The number of aryl methyl sites for hydroxylation is 1. The summed E-state index contributed by atoms with van der Waals surface area (Å²) in [4.78, 5) is 19.7. The summed E-state index contributed by atoms with van der Waals surface area (Å²) >= 11 is 0. The molecule has 0 bridgehead atoms. The first-order chi connectivity index (χ1) is 13.7. The monoisotopic (exact) mass is 377 g/mol. The molecule has 0 saturated carbocycles. The van der Waals surface area contributed by atoms with E-state index in [1.807, 2.05) is 30.3 Å². The van der Waals surface area contributed by atoms with E-state index in [1.54, 1.807) is 17.9 Å². The molecule has 1 atom stereocenters. The number of hydrogen-bond donors (Lipinski definition) is 0. The quantitative estimate of drug-likeness (QED) is 0.677. The molecule has 140 valence electrons. The molecule has 0 radical (unpaired) electrons. The van der Waals surface area contributed by atoms with Crippen LogP contribution in [-0.4, -0.2) is 29.4 Å². The molecular weight excluding hydrogens is 362 g/mol. The zero-order valence-corrected chi connectivity index (χ0v) is 15.0. The van der Waals surface area contributed by atoms with E-state index in [-0.39, 0.29) is 25.9 Å². The number of anilines is 1. The van der Waals surface area contributed by atoms with E-state index in [0.29, 0.717) is 29.0 Å². The highest BCUT2D eigenvalue weighted by atomic mass is 16.7. The second-order valence-electron chi connectivity index (χ2n) is 7.03. The summed E-state index contributed by atoms with van der Waals surface area (Å²) in [5, 5.41) is 3.95. The molecule has 6 rings (SSSR count). The van der Waals surface area contributed by atoms with Crippen molar-refractivity contribution in [3.05, 3.63) is 59.2 Å². The largest absolute Gasteiger partial charge is 0.491 e. The normalized spacial score (nSPS) is 21.2. The van der Waals surface area contributed by atoms with Crippen LogP contribution in [0.1, 0.15) is 22.8 Å². The van der Waals surface area contributed by atoms with Gasteiger partial charge in [0.2, 0.25) is 18.6 Å². The van der Waals surface area contributed by atoms with Crippen molar-refractivity contribution in [2.45, 2.75) is 18.9 Å². The van der Waals surface area contributed by atoms with Crippen LogP contribution in [0.3, 0.4) is 0 Å². The van der Waals surface area contributed by atoms with Gasteiger partial charge in [0.05, 0.1) is 6.54 Å². The Morgan fingerprint density at radius 1 is 1.07 bits per heavy atom. The van der Waals surface area contributed by atoms with Gasteiger partial charge in [0.25, 0.3) is 0 Å². The number of rotatable bonds is 2. The average molecular weight is 377 g/mol. The van der Waals surface area contributed by atoms with Gasteiger partial charge in [-0.25, -0.2) is 0 Å². The van der Waals surface area contributed by atoms with Crippen molar-refractivity contribution in [1.29, 1.82) is 0 Å². The maximum absolute atomic E-state index is 13.7. The number of nitrogens with zero attached hydrogens (tertiary/aromatic N) is 3.